The highest BCUT2D eigenvalue weighted by molar-refractivity contribution is 5.82. The first-order valence-electron chi connectivity index (χ1n) is 8.15. The van der Waals surface area contributed by atoms with Crippen molar-refractivity contribution in [3.8, 4) is 0 Å². The number of benzene rings is 1. The van der Waals surface area contributed by atoms with Crippen molar-refractivity contribution < 1.29 is 9.59 Å². The molecule has 1 fully saturated rings. The predicted octanol–water partition coefficient (Wildman–Crippen LogP) is 1.90. The van der Waals surface area contributed by atoms with Crippen molar-refractivity contribution in [1.82, 2.24) is 9.80 Å². The fourth-order valence-corrected chi connectivity index (χ4v) is 3.36. The lowest BCUT2D eigenvalue weighted by Gasteiger charge is -2.35. The quantitative estimate of drug-likeness (QED) is 0.907. The predicted molar refractivity (Wildman–Crippen MR) is 89.1 cm³/mol. The molecule has 2 heterocycles. The average Bonchev–Trinajstić information content (AvgIpc) is 2.55. The Bertz CT molecular complexity index is 633. The molecule has 5 heteroatoms. The van der Waals surface area contributed by atoms with E-state index in [1.807, 2.05) is 35.2 Å². The Kier molecular flexibility index (Phi) is 4.48. The van der Waals surface area contributed by atoms with Gasteiger partial charge in [-0.3, -0.25) is 9.59 Å². The maximum atomic E-state index is 12.7. The van der Waals surface area contributed by atoms with Gasteiger partial charge in [0, 0.05) is 32.3 Å². The molecule has 5 nitrogen and oxygen atoms in total. The van der Waals surface area contributed by atoms with Gasteiger partial charge in [0.05, 0.1) is 12.5 Å². The molecule has 3 rings (SSSR count). The zero-order chi connectivity index (χ0) is 16.4. The minimum absolute atomic E-state index is 0.0470. The van der Waals surface area contributed by atoms with Gasteiger partial charge in [0.1, 0.15) is 0 Å². The molecule has 1 unspecified atom stereocenters. The number of hydrogen-bond donors (Lipinski definition) is 1. The lowest BCUT2D eigenvalue weighted by molar-refractivity contribution is -0.135. The van der Waals surface area contributed by atoms with Gasteiger partial charge in [-0.2, -0.15) is 0 Å². The molecule has 1 saturated heterocycles. The van der Waals surface area contributed by atoms with E-state index in [1.54, 1.807) is 11.1 Å². The Labute approximate surface area is 136 Å². The van der Waals surface area contributed by atoms with E-state index in [0.29, 0.717) is 19.5 Å². The number of carbonyl (C=O) groups excluding carboxylic acids is 2. The molecule has 2 N–H and O–H groups in total. The summed E-state index contributed by atoms with van der Waals surface area (Å²) in [4.78, 5) is 28.2. The van der Waals surface area contributed by atoms with Crippen LogP contribution in [0.1, 0.15) is 43.4 Å². The monoisotopic (exact) mass is 313 g/mol. The highest BCUT2D eigenvalue weighted by Crippen LogP contribution is 2.33. The number of fused-ring (bicyclic) bond motifs is 1. The maximum absolute atomic E-state index is 12.7. The molecule has 0 aromatic heterocycles. The van der Waals surface area contributed by atoms with Crippen LogP contribution in [0, 0.1) is 0 Å². The summed E-state index contributed by atoms with van der Waals surface area (Å²) in [7, 11) is 0. The summed E-state index contributed by atoms with van der Waals surface area (Å²) in [6.45, 7) is 2.96. The van der Waals surface area contributed by atoms with E-state index in [9.17, 15) is 9.59 Å². The van der Waals surface area contributed by atoms with E-state index >= 15 is 0 Å². The summed E-state index contributed by atoms with van der Waals surface area (Å²) in [6.07, 6.45) is 5.73. The minimum Gasteiger partial charge on any atom is -0.343 e. The number of hydrogen-bond acceptors (Lipinski definition) is 3. The van der Waals surface area contributed by atoms with Crippen LogP contribution >= 0.6 is 0 Å². The fraction of sp³-hybridized carbons (Fsp3) is 0.444. The van der Waals surface area contributed by atoms with Gasteiger partial charge in [-0.25, -0.2) is 0 Å². The number of carbonyl (C=O) groups is 2. The molecule has 1 aromatic carbocycles. The van der Waals surface area contributed by atoms with Crippen molar-refractivity contribution in [3.05, 3.63) is 41.6 Å². The molecule has 0 radical (unpaired) electrons. The van der Waals surface area contributed by atoms with Crippen molar-refractivity contribution in [2.75, 3.05) is 13.1 Å². The normalized spacial score (nSPS) is 21.2. The Balaban J connectivity index is 1.79. The first kappa shape index (κ1) is 15.7. The van der Waals surface area contributed by atoms with E-state index < -0.39 is 0 Å². The van der Waals surface area contributed by atoms with Gasteiger partial charge < -0.3 is 15.5 Å². The second-order valence-corrected chi connectivity index (χ2v) is 6.31. The number of amides is 2. The van der Waals surface area contributed by atoms with Crippen LogP contribution in [0.3, 0.4) is 0 Å². The maximum Gasteiger partial charge on any atom is 0.225 e. The number of nitrogens with two attached hydrogens (primary N) is 1. The van der Waals surface area contributed by atoms with E-state index in [0.717, 1.165) is 24.0 Å². The summed E-state index contributed by atoms with van der Waals surface area (Å²) < 4.78 is 0. The Morgan fingerprint density at radius 3 is 2.61 bits per heavy atom. The molecule has 0 bridgehead atoms. The van der Waals surface area contributed by atoms with Gasteiger partial charge in [0.2, 0.25) is 11.8 Å². The van der Waals surface area contributed by atoms with Crippen LogP contribution < -0.4 is 5.73 Å². The van der Waals surface area contributed by atoms with Crippen LogP contribution in [0.15, 0.2) is 30.5 Å². The standard InChI is InChI=1S/C18H23N3O2/c1-13(22)21-11-6-14-4-2-3-5-16(14)17(21)12-18(23)20-9-7-15(19)8-10-20/h2-6,11,15,17H,7-10,12,19H2,1H3. The topological polar surface area (TPSA) is 66.6 Å². The van der Waals surface area contributed by atoms with Crippen LogP contribution in [0.5, 0.6) is 0 Å². The van der Waals surface area contributed by atoms with Crippen molar-refractivity contribution in [1.29, 1.82) is 0 Å². The Morgan fingerprint density at radius 1 is 1.22 bits per heavy atom. The smallest absolute Gasteiger partial charge is 0.225 e. The van der Waals surface area contributed by atoms with Crippen LogP contribution in [-0.4, -0.2) is 40.7 Å². The lowest BCUT2D eigenvalue weighted by atomic mass is 9.93. The number of piperidine rings is 1. The number of likely N-dealkylation sites (tertiary alicyclic amines) is 1. The van der Waals surface area contributed by atoms with E-state index in [1.165, 1.54) is 6.92 Å². The molecular formula is C18H23N3O2. The molecule has 23 heavy (non-hydrogen) atoms. The molecule has 2 aliphatic rings. The molecule has 0 aliphatic carbocycles. The van der Waals surface area contributed by atoms with Crippen LogP contribution in [0.2, 0.25) is 0 Å². The molecule has 122 valence electrons. The van der Waals surface area contributed by atoms with E-state index in [4.69, 9.17) is 5.73 Å². The number of nitrogens with zero attached hydrogens (tertiary/aromatic N) is 2. The third kappa shape index (κ3) is 3.29. The van der Waals surface area contributed by atoms with Gasteiger partial charge in [-0.1, -0.05) is 24.3 Å². The van der Waals surface area contributed by atoms with Crippen LogP contribution in [0.25, 0.3) is 6.08 Å². The molecular weight excluding hydrogens is 290 g/mol. The summed E-state index contributed by atoms with van der Waals surface area (Å²) in [5.41, 5.74) is 8.01. The minimum atomic E-state index is -0.225. The van der Waals surface area contributed by atoms with Crippen LogP contribution in [-0.2, 0) is 9.59 Å². The molecule has 1 aromatic rings. The third-order valence-electron chi connectivity index (χ3n) is 4.73. The molecule has 0 saturated carbocycles. The Hall–Kier alpha value is -2.14. The molecule has 0 spiro atoms. The molecule has 2 amide bonds. The van der Waals surface area contributed by atoms with Crippen molar-refractivity contribution in [3.63, 3.8) is 0 Å². The summed E-state index contributed by atoms with van der Waals surface area (Å²) >= 11 is 0. The largest absolute Gasteiger partial charge is 0.343 e. The molecule has 2 aliphatic heterocycles. The zero-order valence-electron chi connectivity index (χ0n) is 13.4. The van der Waals surface area contributed by atoms with Gasteiger partial charge in [-0.05, 0) is 30.0 Å². The average molecular weight is 313 g/mol. The van der Waals surface area contributed by atoms with Crippen molar-refractivity contribution >= 4 is 17.9 Å². The second-order valence-electron chi connectivity index (χ2n) is 6.31. The van der Waals surface area contributed by atoms with Crippen LogP contribution in [0.4, 0.5) is 0 Å². The summed E-state index contributed by atoms with van der Waals surface area (Å²) in [6, 6.07) is 7.91. The van der Waals surface area contributed by atoms with Gasteiger partial charge in [0.15, 0.2) is 0 Å². The highest BCUT2D eigenvalue weighted by atomic mass is 16.2. The van der Waals surface area contributed by atoms with E-state index in [2.05, 4.69) is 0 Å². The van der Waals surface area contributed by atoms with E-state index in [-0.39, 0.29) is 23.9 Å². The van der Waals surface area contributed by atoms with Gasteiger partial charge >= 0.3 is 0 Å². The molecule has 1 atom stereocenters. The zero-order valence-corrected chi connectivity index (χ0v) is 13.4. The van der Waals surface area contributed by atoms with Gasteiger partial charge in [0.25, 0.3) is 0 Å². The Morgan fingerprint density at radius 2 is 1.91 bits per heavy atom. The third-order valence-corrected chi connectivity index (χ3v) is 4.73. The highest BCUT2D eigenvalue weighted by Gasteiger charge is 2.30. The SMILES string of the molecule is CC(=O)N1C=Cc2ccccc2C1CC(=O)N1CCC(N)CC1. The summed E-state index contributed by atoms with van der Waals surface area (Å²) in [5.74, 6) is 0.0486. The second kappa shape index (κ2) is 6.54. The summed E-state index contributed by atoms with van der Waals surface area (Å²) in [5, 5.41) is 0. The van der Waals surface area contributed by atoms with Crippen molar-refractivity contribution in [2.24, 2.45) is 5.73 Å². The van der Waals surface area contributed by atoms with Gasteiger partial charge in [-0.15, -0.1) is 0 Å². The first-order valence-corrected chi connectivity index (χ1v) is 8.15. The van der Waals surface area contributed by atoms with Crippen molar-refractivity contribution in [2.45, 2.75) is 38.3 Å². The lowest BCUT2D eigenvalue weighted by Crippen LogP contribution is -2.44. The number of rotatable bonds is 2. The first-order chi connectivity index (χ1) is 11.1. The fourth-order valence-electron chi connectivity index (χ4n) is 3.36.